The number of aromatic nitrogens is 1. The number of amides is 1. The maximum absolute atomic E-state index is 13.5. The molecule has 1 aliphatic rings. The highest BCUT2D eigenvalue weighted by Crippen LogP contribution is 2.31. The summed E-state index contributed by atoms with van der Waals surface area (Å²) in [5.74, 6) is 0.381. The van der Waals surface area contributed by atoms with Gasteiger partial charge in [0, 0.05) is 35.1 Å². The van der Waals surface area contributed by atoms with Crippen LogP contribution in [0.1, 0.15) is 30.1 Å². The van der Waals surface area contributed by atoms with Crippen molar-refractivity contribution >= 4 is 28.4 Å². The highest BCUT2D eigenvalue weighted by atomic mass is 35.5. The normalized spacial score (nSPS) is 18.2. The SMILES string of the molecule is CC(N)C1CCCN(C(=O)c2cc(-c3ccccc3Cl)nc3ccccc23)C1. The number of carbonyl (C=O) groups excluding carboxylic acids is 1. The Kier molecular flexibility index (Phi) is 5.33. The summed E-state index contributed by atoms with van der Waals surface area (Å²) in [4.78, 5) is 20.2. The van der Waals surface area contributed by atoms with Gasteiger partial charge in [-0.25, -0.2) is 4.98 Å². The van der Waals surface area contributed by atoms with E-state index in [1.165, 1.54) is 0 Å². The van der Waals surface area contributed by atoms with Gasteiger partial charge in [0.25, 0.3) is 5.91 Å². The fourth-order valence-corrected chi connectivity index (χ4v) is 4.19. The van der Waals surface area contributed by atoms with Crippen LogP contribution in [0, 0.1) is 5.92 Å². The van der Waals surface area contributed by atoms with Crippen LogP contribution in [0.25, 0.3) is 22.2 Å². The number of halogens is 1. The van der Waals surface area contributed by atoms with Crippen molar-refractivity contribution < 1.29 is 4.79 Å². The summed E-state index contributed by atoms with van der Waals surface area (Å²) in [6.45, 7) is 3.49. The van der Waals surface area contributed by atoms with Gasteiger partial charge in [-0.2, -0.15) is 0 Å². The van der Waals surface area contributed by atoms with Crippen LogP contribution < -0.4 is 5.73 Å². The molecule has 4 nitrogen and oxygen atoms in total. The number of benzene rings is 2. The van der Waals surface area contributed by atoms with E-state index in [1.807, 2.05) is 66.4 Å². The van der Waals surface area contributed by atoms with Gasteiger partial charge in [0.2, 0.25) is 0 Å². The van der Waals surface area contributed by atoms with Crippen molar-refractivity contribution in [3.05, 3.63) is 65.2 Å². The lowest BCUT2D eigenvalue weighted by Gasteiger charge is -2.35. The number of rotatable bonds is 3. The number of fused-ring (bicyclic) bond motifs is 1. The van der Waals surface area contributed by atoms with Crippen molar-refractivity contribution in [2.45, 2.75) is 25.8 Å². The zero-order valence-electron chi connectivity index (χ0n) is 15.9. The molecule has 144 valence electrons. The Morgan fingerprint density at radius 3 is 2.75 bits per heavy atom. The molecule has 1 fully saturated rings. The van der Waals surface area contributed by atoms with Crippen LogP contribution >= 0.6 is 11.6 Å². The average molecular weight is 394 g/mol. The first kappa shape index (κ1) is 18.9. The number of carbonyl (C=O) groups is 1. The molecule has 2 heterocycles. The molecule has 2 atom stereocenters. The summed E-state index contributed by atoms with van der Waals surface area (Å²) in [5, 5.41) is 1.49. The van der Waals surface area contributed by atoms with E-state index in [0.29, 0.717) is 28.7 Å². The van der Waals surface area contributed by atoms with Gasteiger partial charge in [0.05, 0.1) is 16.8 Å². The molecular weight excluding hydrogens is 370 g/mol. The Hall–Kier alpha value is -2.43. The van der Waals surface area contributed by atoms with Gasteiger partial charge in [0.15, 0.2) is 0 Å². The number of pyridine rings is 1. The molecule has 2 N–H and O–H groups in total. The zero-order valence-corrected chi connectivity index (χ0v) is 16.7. The van der Waals surface area contributed by atoms with Gasteiger partial charge in [-0.05, 0) is 43.9 Å². The number of piperidine rings is 1. The second kappa shape index (κ2) is 7.90. The van der Waals surface area contributed by atoms with E-state index in [9.17, 15) is 4.79 Å². The van der Waals surface area contributed by atoms with E-state index >= 15 is 0 Å². The Labute approximate surface area is 170 Å². The number of hydrogen-bond donors (Lipinski definition) is 1. The molecular formula is C23H24ClN3O. The summed E-state index contributed by atoms with van der Waals surface area (Å²) in [5.41, 5.74) is 9.13. The van der Waals surface area contributed by atoms with Crippen molar-refractivity contribution in [1.29, 1.82) is 0 Å². The quantitative estimate of drug-likeness (QED) is 0.698. The number of likely N-dealkylation sites (tertiary alicyclic amines) is 1. The van der Waals surface area contributed by atoms with E-state index in [0.717, 1.165) is 35.9 Å². The Morgan fingerprint density at radius 2 is 1.96 bits per heavy atom. The van der Waals surface area contributed by atoms with Gasteiger partial charge in [-0.15, -0.1) is 0 Å². The third-order valence-corrected chi connectivity index (χ3v) is 5.91. The maximum Gasteiger partial charge on any atom is 0.254 e. The molecule has 1 aliphatic heterocycles. The fourth-order valence-electron chi connectivity index (χ4n) is 3.95. The van der Waals surface area contributed by atoms with Gasteiger partial charge in [-0.1, -0.05) is 48.0 Å². The minimum atomic E-state index is 0.0391. The zero-order chi connectivity index (χ0) is 19.7. The van der Waals surface area contributed by atoms with E-state index in [1.54, 1.807) is 0 Å². The summed E-state index contributed by atoms with van der Waals surface area (Å²) in [7, 11) is 0. The van der Waals surface area contributed by atoms with Gasteiger partial charge >= 0.3 is 0 Å². The minimum Gasteiger partial charge on any atom is -0.338 e. The molecule has 2 aromatic carbocycles. The molecule has 5 heteroatoms. The molecule has 4 rings (SSSR count). The van der Waals surface area contributed by atoms with Gasteiger partial charge in [0.1, 0.15) is 0 Å². The number of para-hydroxylation sites is 1. The van der Waals surface area contributed by atoms with E-state index < -0.39 is 0 Å². The largest absolute Gasteiger partial charge is 0.338 e. The highest BCUT2D eigenvalue weighted by molar-refractivity contribution is 6.33. The lowest BCUT2D eigenvalue weighted by Crippen LogP contribution is -2.45. The topological polar surface area (TPSA) is 59.2 Å². The first-order valence-corrected chi connectivity index (χ1v) is 10.1. The molecule has 0 aliphatic carbocycles. The first-order chi connectivity index (χ1) is 13.5. The molecule has 1 saturated heterocycles. The molecule has 28 heavy (non-hydrogen) atoms. The lowest BCUT2D eigenvalue weighted by molar-refractivity contribution is 0.0663. The van der Waals surface area contributed by atoms with E-state index in [2.05, 4.69) is 0 Å². The number of hydrogen-bond acceptors (Lipinski definition) is 3. The maximum atomic E-state index is 13.5. The van der Waals surface area contributed by atoms with Crippen LogP contribution in [0.2, 0.25) is 5.02 Å². The number of nitrogens with zero attached hydrogens (tertiary/aromatic N) is 2. The molecule has 2 unspecified atom stereocenters. The summed E-state index contributed by atoms with van der Waals surface area (Å²) >= 11 is 6.40. The standard InChI is InChI=1S/C23H24ClN3O/c1-15(25)16-7-6-12-27(14-16)23(28)19-13-22(18-9-2-4-10-20(18)24)26-21-11-5-3-8-17(19)21/h2-5,8-11,13,15-16H,6-7,12,14,25H2,1H3. The van der Waals surface area contributed by atoms with Crippen molar-refractivity contribution in [2.24, 2.45) is 11.7 Å². The molecule has 0 saturated carbocycles. The molecule has 3 aromatic rings. The third kappa shape index (κ3) is 3.62. The van der Waals surface area contributed by atoms with Crippen molar-refractivity contribution in [2.75, 3.05) is 13.1 Å². The Balaban J connectivity index is 1.79. The monoisotopic (exact) mass is 393 g/mol. The molecule has 0 radical (unpaired) electrons. The summed E-state index contributed by atoms with van der Waals surface area (Å²) in [6.07, 6.45) is 2.06. The fraction of sp³-hybridized carbons (Fsp3) is 0.304. The van der Waals surface area contributed by atoms with Crippen LogP contribution in [0.4, 0.5) is 0 Å². The van der Waals surface area contributed by atoms with Crippen LogP contribution in [-0.2, 0) is 0 Å². The van der Waals surface area contributed by atoms with Crippen molar-refractivity contribution in [3.63, 3.8) is 0 Å². The third-order valence-electron chi connectivity index (χ3n) is 5.59. The molecule has 0 bridgehead atoms. The summed E-state index contributed by atoms with van der Waals surface area (Å²) in [6, 6.07) is 17.3. The predicted molar refractivity (Wildman–Crippen MR) is 114 cm³/mol. The van der Waals surface area contributed by atoms with E-state index in [-0.39, 0.29) is 11.9 Å². The van der Waals surface area contributed by atoms with Crippen LogP contribution in [0.3, 0.4) is 0 Å². The minimum absolute atomic E-state index is 0.0391. The van der Waals surface area contributed by atoms with Crippen molar-refractivity contribution in [3.8, 4) is 11.3 Å². The number of nitrogens with two attached hydrogens (primary N) is 1. The smallest absolute Gasteiger partial charge is 0.254 e. The first-order valence-electron chi connectivity index (χ1n) is 9.74. The second-order valence-corrected chi connectivity index (χ2v) is 7.97. The van der Waals surface area contributed by atoms with Gasteiger partial charge < -0.3 is 10.6 Å². The lowest BCUT2D eigenvalue weighted by atomic mass is 9.91. The predicted octanol–water partition coefficient (Wildman–Crippen LogP) is 4.75. The molecule has 0 spiro atoms. The van der Waals surface area contributed by atoms with Crippen LogP contribution in [-0.4, -0.2) is 34.9 Å². The Morgan fingerprint density at radius 1 is 1.21 bits per heavy atom. The van der Waals surface area contributed by atoms with Gasteiger partial charge in [-0.3, -0.25) is 4.79 Å². The summed E-state index contributed by atoms with van der Waals surface area (Å²) < 4.78 is 0. The molecule has 1 aromatic heterocycles. The highest BCUT2D eigenvalue weighted by Gasteiger charge is 2.28. The average Bonchev–Trinajstić information content (AvgIpc) is 2.73. The van der Waals surface area contributed by atoms with Crippen molar-refractivity contribution in [1.82, 2.24) is 9.88 Å². The van der Waals surface area contributed by atoms with E-state index in [4.69, 9.17) is 22.3 Å². The molecule has 1 amide bonds. The Bertz CT molecular complexity index is 1020. The second-order valence-electron chi connectivity index (χ2n) is 7.56. The van der Waals surface area contributed by atoms with Crippen LogP contribution in [0.5, 0.6) is 0 Å². The van der Waals surface area contributed by atoms with Crippen LogP contribution in [0.15, 0.2) is 54.6 Å².